The lowest BCUT2D eigenvalue weighted by Crippen LogP contribution is -2.29. The molecule has 0 atom stereocenters. The molecule has 10 aromatic rings. The number of anilines is 2. The van der Waals surface area contributed by atoms with E-state index in [0.717, 1.165) is 22.6 Å². The second-order valence-electron chi connectivity index (χ2n) is 17.4. The number of hydrogen-bond acceptors (Lipinski definition) is 3. The Morgan fingerprint density at radius 1 is 0.448 bits per heavy atom. The van der Waals surface area contributed by atoms with E-state index >= 15 is 0 Å². The highest BCUT2D eigenvalue weighted by Gasteiger charge is 2.48. The summed E-state index contributed by atoms with van der Waals surface area (Å²) in [5.41, 5.74) is 18.1. The first-order valence-electron chi connectivity index (χ1n) is 23.0. The molecule has 0 unspecified atom stereocenters. The van der Waals surface area contributed by atoms with Gasteiger partial charge in [0.05, 0.1) is 10.8 Å². The third-order valence-corrected chi connectivity index (χ3v) is 14.0. The maximum atomic E-state index is 6.59. The zero-order valence-electron chi connectivity index (χ0n) is 37.2. The maximum absolute atomic E-state index is 6.59. The molecule has 12 rings (SSSR count). The van der Waals surface area contributed by atoms with E-state index in [4.69, 9.17) is 9.40 Å². The van der Waals surface area contributed by atoms with Gasteiger partial charge in [0.25, 0.3) is 0 Å². The Morgan fingerprint density at radius 2 is 0.821 bits per heavy atom. The average Bonchev–Trinajstić information content (AvgIpc) is 4.03. The molecule has 0 spiro atoms. The molecule has 0 aliphatic heterocycles. The molecule has 3 nitrogen and oxygen atoms in total. The molecule has 0 bridgehead atoms. The largest absolute Gasteiger partial charge is 0.436 e. The molecule has 0 radical (unpaired) electrons. The first-order valence-corrected chi connectivity index (χ1v) is 23.0. The Kier molecular flexibility index (Phi) is 9.66. The van der Waals surface area contributed by atoms with Gasteiger partial charge in [-0.1, -0.05) is 213 Å². The van der Waals surface area contributed by atoms with Crippen molar-refractivity contribution in [2.24, 2.45) is 0 Å². The molecule has 67 heavy (non-hydrogen) atoms. The van der Waals surface area contributed by atoms with Crippen molar-refractivity contribution in [1.82, 2.24) is 4.98 Å². The fourth-order valence-electron chi connectivity index (χ4n) is 11.2. The van der Waals surface area contributed by atoms with E-state index in [9.17, 15) is 0 Å². The fourth-order valence-corrected chi connectivity index (χ4v) is 11.2. The predicted molar refractivity (Wildman–Crippen MR) is 275 cm³/mol. The van der Waals surface area contributed by atoms with E-state index in [1.165, 1.54) is 66.8 Å². The van der Waals surface area contributed by atoms with Gasteiger partial charge in [-0.2, -0.15) is 0 Å². The molecule has 318 valence electrons. The molecule has 9 aromatic carbocycles. The summed E-state index contributed by atoms with van der Waals surface area (Å²) in [7, 11) is 0. The van der Waals surface area contributed by atoms with Crippen LogP contribution in [0.3, 0.4) is 0 Å². The van der Waals surface area contributed by atoms with Crippen LogP contribution in [0.25, 0.3) is 46.4 Å². The zero-order valence-corrected chi connectivity index (χ0v) is 37.2. The van der Waals surface area contributed by atoms with Crippen molar-refractivity contribution >= 4 is 24.0 Å². The Bertz CT molecular complexity index is 3340. The van der Waals surface area contributed by atoms with Gasteiger partial charge in [0, 0.05) is 28.7 Å². The minimum atomic E-state index is -0.582. The normalized spacial score (nSPS) is 14.2. The summed E-state index contributed by atoms with van der Waals surface area (Å²) in [4.78, 5) is 7.22. The lowest BCUT2D eigenvalue weighted by Gasteiger charge is -2.36. The Morgan fingerprint density at radius 3 is 1.24 bits per heavy atom. The van der Waals surface area contributed by atoms with E-state index in [2.05, 4.69) is 237 Å². The van der Waals surface area contributed by atoms with Gasteiger partial charge in [0.15, 0.2) is 5.42 Å². The second kappa shape index (κ2) is 16.2. The molecule has 0 amide bonds. The summed E-state index contributed by atoms with van der Waals surface area (Å²) in [6.07, 6.45) is 4.26. The fraction of sp³-hybridized carbons (Fsp3) is 0.0469. The number of aromatic nitrogens is 1. The molecule has 0 N–H and O–H groups in total. The standard InChI is InChI=1S/C64H46N2O/c1-3-50(43-61-44(2)65-62(67-61)45-23-9-4-10-24-45)66(51-37-39-55-53-33-19-21-35-57(53)63(59(55)41-51,46-25-11-5-12-26-46)47-27-13-6-14-28-47)52-38-40-56-54-34-20-22-36-58(54)64(60(56)42-52,48-29-15-7-16-30-48)49-31-17-8-18-32-49/h3-43H,2H2,1H3/b50-3+,61-43+. The van der Waals surface area contributed by atoms with Crippen molar-refractivity contribution in [1.29, 1.82) is 0 Å². The van der Waals surface area contributed by atoms with Gasteiger partial charge in [0.1, 0.15) is 5.35 Å². The van der Waals surface area contributed by atoms with Gasteiger partial charge in [-0.25, -0.2) is 4.98 Å². The lowest BCUT2D eigenvalue weighted by molar-refractivity contribution is 0.540. The van der Waals surface area contributed by atoms with Gasteiger partial charge in [-0.3, -0.25) is 0 Å². The van der Waals surface area contributed by atoms with Crippen LogP contribution in [0.1, 0.15) is 51.4 Å². The SMILES string of the molecule is C=c1nc(-c2ccccc2)o/c1=C/C(=C\C)N(c1ccc2c(c1)C(c1ccccc1)(c1ccccc1)c1ccccc1-2)c1ccc2c(c1)C(c1ccccc1)(c1ccccc1)c1ccccc1-2. The van der Waals surface area contributed by atoms with Crippen molar-refractivity contribution < 1.29 is 4.42 Å². The Balaban J connectivity index is 1.14. The van der Waals surface area contributed by atoms with Crippen molar-refractivity contribution in [3.63, 3.8) is 0 Å². The highest BCUT2D eigenvalue weighted by molar-refractivity contribution is 5.91. The third-order valence-electron chi connectivity index (χ3n) is 14.0. The van der Waals surface area contributed by atoms with Gasteiger partial charge in [-0.15, -0.1) is 0 Å². The molecule has 2 aliphatic rings. The number of fused-ring (bicyclic) bond motifs is 6. The summed E-state index contributed by atoms with van der Waals surface area (Å²) < 4.78 is 6.59. The van der Waals surface area contributed by atoms with Gasteiger partial charge in [0.2, 0.25) is 5.89 Å². The highest BCUT2D eigenvalue weighted by atomic mass is 16.3. The van der Waals surface area contributed by atoms with Gasteiger partial charge >= 0.3 is 0 Å². The highest BCUT2D eigenvalue weighted by Crippen LogP contribution is 2.59. The van der Waals surface area contributed by atoms with Crippen molar-refractivity contribution in [3.8, 4) is 33.7 Å². The third kappa shape index (κ3) is 6.16. The molecule has 2 aliphatic carbocycles. The molecule has 0 saturated carbocycles. The zero-order chi connectivity index (χ0) is 45.0. The minimum absolute atomic E-state index is 0.537. The number of rotatable bonds is 9. The van der Waals surface area contributed by atoms with E-state index in [1.54, 1.807) is 0 Å². The predicted octanol–water partition coefficient (Wildman–Crippen LogP) is 14.0. The van der Waals surface area contributed by atoms with Gasteiger partial charge in [-0.05, 0) is 110 Å². The van der Waals surface area contributed by atoms with Crippen LogP contribution >= 0.6 is 0 Å². The average molecular weight is 859 g/mol. The Hall–Kier alpha value is -8.53. The van der Waals surface area contributed by atoms with E-state index < -0.39 is 10.8 Å². The Labute approximate surface area is 391 Å². The minimum Gasteiger partial charge on any atom is -0.436 e. The van der Waals surface area contributed by atoms with Crippen LogP contribution in [-0.4, -0.2) is 4.98 Å². The second-order valence-corrected chi connectivity index (χ2v) is 17.4. The van der Waals surface area contributed by atoms with Crippen LogP contribution < -0.4 is 15.7 Å². The van der Waals surface area contributed by atoms with E-state index in [1.807, 2.05) is 30.3 Å². The van der Waals surface area contributed by atoms with Gasteiger partial charge < -0.3 is 9.32 Å². The van der Waals surface area contributed by atoms with Crippen LogP contribution in [-0.2, 0) is 10.8 Å². The maximum Gasteiger partial charge on any atom is 0.227 e. The monoisotopic (exact) mass is 858 g/mol. The number of allylic oxidation sites excluding steroid dienone is 2. The first kappa shape index (κ1) is 40.0. The molecular weight excluding hydrogens is 813 g/mol. The van der Waals surface area contributed by atoms with Crippen LogP contribution in [0.4, 0.5) is 11.4 Å². The molecule has 1 aromatic heterocycles. The molecular formula is C64H46N2O. The van der Waals surface area contributed by atoms with Crippen LogP contribution in [0.2, 0.25) is 0 Å². The topological polar surface area (TPSA) is 29.3 Å². The number of hydrogen-bond donors (Lipinski definition) is 0. The van der Waals surface area contributed by atoms with Crippen LogP contribution in [0.5, 0.6) is 0 Å². The number of oxazole rings is 1. The summed E-state index contributed by atoms with van der Waals surface area (Å²) >= 11 is 0. The smallest absolute Gasteiger partial charge is 0.227 e. The molecule has 3 heteroatoms. The van der Waals surface area contributed by atoms with Crippen LogP contribution in [0, 0.1) is 0 Å². The summed E-state index contributed by atoms with van der Waals surface area (Å²) in [5.74, 6) is 0.537. The number of nitrogens with zero attached hydrogens (tertiary/aromatic N) is 2. The molecule has 0 fully saturated rings. The van der Waals surface area contributed by atoms with E-state index in [0.29, 0.717) is 16.7 Å². The molecule has 0 saturated heterocycles. The summed E-state index contributed by atoms with van der Waals surface area (Å²) in [6, 6.07) is 85.9. The van der Waals surface area contributed by atoms with Crippen molar-refractivity contribution in [2.75, 3.05) is 4.90 Å². The number of benzene rings is 9. The van der Waals surface area contributed by atoms with E-state index in [-0.39, 0.29) is 0 Å². The summed E-state index contributed by atoms with van der Waals surface area (Å²) in [6.45, 7) is 6.49. The lowest BCUT2D eigenvalue weighted by atomic mass is 9.67. The van der Waals surface area contributed by atoms with Crippen molar-refractivity contribution in [2.45, 2.75) is 17.8 Å². The van der Waals surface area contributed by atoms with Crippen molar-refractivity contribution in [3.05, 3.63) is 304 Å². The molecule has 1 heterocycles. The summed E-state index contributed by atoms with van der Waals surface area (Å²) in [5, 5.41) is 0.575. The van der Waals surface area contributed by atoms with Crippen LogP contribution in [0.15, 0.2) is 253 Å². The first-order chi connectivity index (χ1) is 33.1. The quantitative estimate of drug-likeness (QED) is 0.145.